The Hall–Kier alpha value is -2.60. The summed E-state index contributed by atoms with van der Waals surface area (Å²) < 4.78 is 15.4. The SMILES string of the molecule is Cc1cccc(-n2ccnc2SC(C(=O)NC2CC2)c2ccc(F)cc2)c1C. The summed E-state index contributed by atoms with van der Waals surface area (Å²) in [5.41, 5.74) is 4.17. The van der Waals surface area contributed by atoms with E-state index in [0.717, 1.165) is 29.2 Å². The van der Waals surface area contributed by atoms with Crippen LogP contribution >= 0.6 is 11.8 Å². The Bertz CT molecular complexity index is 995. The fraction of sp³-hybridized carbons (Fsp3) is 0.273. The van der Waals surface area contributed by atoms with Crippen molar-refractivity contribution in [2.75, 3.05) is 0 Å². The number of amides is 1. The van der Waals surface area contributed by atoms with Gasteiger partial charge in [0.1, 0.15) is 11.1 Å². The highest BCUT2D eigenvalue weighted by Crippen LogP contribution is 2.37. The lowest BCUT2D eigenvalue weighted by molar-refractivity contribution is -0.120. The minimum absolute atomic E-state index is 0.0605. The van der Waals surface area contributed by atoms with Crippen LogP contribution in [0.2, 0.25) is 0 Å². The highest BCUT2D eigenvalue weighted by atomic mass is 32.2. The van der Waals surface area contributed by atoms with Crippen molar-refractivity contribution in [3.63, 3.8) is 0 Å². The first-order chi connectivity index (χ1) is 13.5. The summed E-state index contributed by atoms with van der Waals surface area (Å²) >= 11 is 1.39. The third kappa shape index (κ3) is 3.97. The molecule has 1 aliphatic carbocycles. The Morgan fingerprint density at radius 3 is 2.68 bits per heavy atom. The number of halogens is 1. The largest absolute Gasteiger partial charge is 0.352 e. The van der Waals surface area contributed by atoms with Gasteiger partial charge in [-0.15, -0.1) is 0 Å². The Morgan fingerprint density at radius 2 is 1.96 bits per heavy atom. The van der Waals surface area contributed by atoms with E-state index in [2.05, 4.69) is 30.2 Å². The molecule has 0 bridgehead atoms. The molecule has 1 atom stereocenters. The van der Waals surface area contributed by atoms with Crippen molar-refractivity contribution in [1.82, 2.24) is 14.9 Å². The summed E-state index contributed by atoms with van der Waals surface area (Å²) in [5, 5.41) is 3.31. The Labute approximate surface area is 168 Å². The van der Waals surface area contributed by atoms with E-state index in [9.17, 15) is 9.18 Å². The summed E-state index contributed by atoms with van der Waals surface area (Å²) in [6.07, 6.45) is 5.68. The molecule has 0 saturated heterocycles. The molecule has 1 amide bonds. The summed E-state index contributed by atoms with van der Waals surface area (Å²) in [6, 6.07) is 12.5. The van der Waals surface area contributed by atoms with Crippen molar-refractivity contribution in [2.45, 2.75) is 43.1 Å². The lowest BCUT2D eigenvalue weighted by atomic mass is 10.1. The van der Waals surface area contributed by atoms with Crippen LogP contribution in [0.25, 0.3) is 5.69 Å². The van der Waals surface area contributed by atoms with Gasteiger partial charge in [0.15, 0.2) is 5.16 Å². The number of rotatable bonds is 6. The number of hydrogen-bond acceptors (Lipinski definition) is 3. The summed E-state index contributed by atoms with van der Waals surface area (Å²) in [5.74, 6) is -0.374. The Kier molecular flexibility index (Phi) is 5.22. The monoisotopic (exact) mass is 395 g/mol. The zero-order chi connectivity index (χ0) is 19.7. The molecule has 144 valence electrons. The van der Waals surface area contributed by atoms with E-state index < -0.39 is 5.25 Å². The van der Waals surface area contributed by atoms with Crippen molar-refractivity contribution in [1.29, 1.82) is 0 Å². The highest BCUT2D eigenvalue weighted by molar-refractivity contribution is 8.00. The molecule has 28 heavy (non-hydrogen) atoms. The van der Waals surface area contributed by atoms with Crippen molar-refractivity contribution >= 4 is 17.7 Å². The number of thioether (sulfide) groups is 1. The van der Waals surface area contributed by atoms with Crippen LogP contribution in [0, 0.1) is 19.7 Å². The standard InChI is InChI=1S/C22H22FN3OS/c1-14-4-3-5-19(15(14)2)26-13-12-24-22(26)28-20(21(27)25-18-10-11-18)16-6-8-17(23)9-7-16/h3-9,12-13,18,20H,10-11H2,1-2H3,(H,25,27). The molecule has 0 radical (unpaired) electrons. The van der Waals surface area contributed by atoms with Gasteiger partial charge >= 0.3 is 0 Å². The van der Waals surface area contributed by atoms with Gasteiger partial charge in [-0.2, -0.15) is 0 Å². The van der Waals surface area contributed by atoms with Crippen LogP contribution < -0.4 is 5.32 Å². The molecule has 0 aliphatic heterocycles. The number of carbonyl (C=O) groups is 1. The van der Waals surface area contributed by atoms with Gasteiger partial charge in [-0.05, 0) is 61.6 Å². The number of imidazole rings is 1. The van der Waals surface area contributed by atoms with Crippen LogP contribution in [0.4, 0.5) is 4.39 Å². The molecule has 0 spiro atoms. The minimum Gasteiger partial charge on any atom is -0.352 e. The molecular weight excluding hydrogens is 373 g/mol. The molecule has 2 aromatic carbocycles. The van der Waals surface area contributed by atoms with Crippen molar-refractivity contribution < 1.29 is 9.18 Å². The van der Waals surface area contributed by atoms with Gasteiger partial charge in [0.05, 0.1) is 5.69 Å². The normalized spacial score (nSPS) is 14.7. The van der Waals surface area contributed by atoms with E-state index in [-0.39, 0.29) is 17.8 Å². The molecule has 1 aliphatic rings. The zero-order valence-corrected chi connectivity index (χ0v) is 16.7. The number of nitrogens with zero attached hydrogens (tertiary/aromatic N) is 2. The number of hydrogen-bond donors (Lipinski definition) is 1. The van der Waals surface area contributed by atoms with Crippen LogP contribution in [0.3, 0.4) is 0 Å². The van der Waals surface area contributed by atoms with Gasteiger partial charge in [0, 0.05) is 18.4 Å². The fourth-order valence-corrected chi connectivity index (χ4v) is 4.15. The predicted molar refractivity (Wildman–Crippen MR) is 109 cm³/mol. The number of benzene rings is 2. The summed E-state index contributed by atoms with van der Waals surface area (Å²) in [7, 11) is 0. The van der Waals surface area contributed by atoms with Crippen molar-refractivity contribution in [2.24, 2.45) is 0 Å². The maximum atomic E-state index is 13.4. The topological polar surface area (TPSA) is 46.9 Å². The fourth-order valence-electron chi connectivity index (χ4n) is 3.08. The third-order valence-corrected chi connectivity index (χ3v) is 6.24. The smallest absolute Gasteiger partial charge is 0.238 e. The lowest BCUT2D eigenvalue weighted by Gasteiger charge is -2.18. The van der Waals surface area contributed by atoms with E-state index >= 15 is 0 Å². The van der Waals surface area contributed by atoms with Gasteiger partial charge in [-0.3, -0.25) is 9.36 Å². The van der Waals surface area contributed by atoms with E-state index in [1.807, 2.05) is 22.9 Å². The van der Waals surface area contributed by atoms with Crippen LogP contribution in [-0.2, 0) is 4.79 Å². The summed E-state index contributed by atoms with van der Waals surface area (Å²) in [4.78, 5) is 17.4. The Morgan fingerprint density at radius 1 is 1.21 bits per heavy atom. The second-order valence-corrected chi connectivity index (χ2v) is 8.20. The summed E-state index contributed by atoms with van der Waals surface area (Å²) in [6.45, 7) is 4.16. The zero-order valence-electron chi connectivity index (χ0n) is 15.9. The van der Waals surface area contributed by atoms with Gasteiger partial charge in [-0.25, -0.2) is 9.37 Å². The molecule has 1 saturated carbocycles. The maximum Gasteiger partial charge on any atom is 0.238 e. The lowest BCUT2D eigenvalue weighted by Crippen LogP contribution is -2.30. The van der Waals surface area contributed by atoms with E-state index in [0.29, 0.717) is 0 Å². The molecule has 1 aromatic heterocycles. The molecule has 4 nitrogen and oxygen atoms in total. The highest BCUT2D eigenvalue weighted by Gasteiger charge is 2.30. The van der Waals surface area contributed by atoms with Crippen molar-refractivity contribution in [3.8, 4) is 5.69 Å². The quantitative estimate of drug-likeness (QED) is 0.613. The van der Waals surface area contributed by atoms with Gasteiger partial charge < -0.3 is 5.32 Å². The predicted octanol–water partition coefficient (Wildman–Crippen LogP) is 4.74. The van der Waals surface area contributed by atoms with Crippen LogP contribution in [0.15, 0.2) is 60.0 Å². The molecule has 1 unspecified atom stereocenters. The third-order valence-electron chi connectivity index (χ3n) is 5.00. The van der Waals surface area contributed by atoms with Crippen LogP contribution in [0.1, 0.15) is 34.8 Å². The van der Waals surface area contributed by atoms with Gasteiger partial charge in [0.2, 0.25) is 5.91 Å². The van der Waals surface area contributed by atoms with Gasteiger partial charge in [0.25, 0.3) is 0 Å². The minimum atomic E-state index is -0.493. The van der Waals surface area contributed by atoms with E-state index in [4.69, 9.17) is 0 Å². The molecule has 1 fully saturated rings. The molecule has 3 aromatic rings. The van der Waals surface area contributed by atoms with Crippen LogP contribution in [0.5, 0.6) is 0 Å². The second kappa shape index (κ2) is 7.80. The molecule has 4 rings (SSSR count). The Balaban J connectivity index is 1.67. The van der Waals surface area contributed by atoms with E-state index in [1.165, 1.54) is 35.0 Å². The number of nitrogens with one attached hydrogen (secondary N) is 1. The molecule has 1 heterocycles. The molecule has 6 heteroatoms. The van der Waals surface area contributed by atoms with Crippen LogP contribution in [-0.4, -0.2) is 21.5 Å². The molecule has 1 N–H and O–H groups in total. The first-order valence-corrected chi connectivity index (χ1v) is 10.2. The first-order valence-electron chi connectivity index (χ1n) is 9.35. The molecular formula is C22H22FN3OS. The number of aryl methyl sites for hydroxylation is 1. The maximum absolute atomic E-state index is 13.4. The number of aromatic nitrogens is 2. The average molecular weight is 396 g/mol. The number of carbonyl (C=O) groups excluding carboxylic acids is 1. The average Bonchev–Trinajstić information content (AvgIpc) is 3.37. The first kappa shape index (κ1) is 18.7. The van der Waals surface area contributed by atoms with E-state index in [1.54, 1.807) is 18.3 Å². The van der Waals surface area contributed by atoms with Gasteiger partial charge in [-0.1, -0.05) is 36.0 Å². The second-order valence-electron chi connectivity index (χ2n) is 7.13. The van der Waals surface area contributed by atoms with Crippen molar-refractivity contribution in [3.05, 3.63) is 77.4 Å².